The Hall–Kier alpha value is -2.62. The number of ketones is 1. The van der Waals surface area contributed by atoms with Crippen LogP contribution in [0.3, 0.4) is 0 Å². The highest BCUT2D eigenvalue weighted by molar-refractivity contribution is 5.95. The maximum absolute atomic E-state index is 12.6. The van der Waals surface area contributed by atoms with E-state index in [2.05, 4.69) is 10.6 Å². The van der Waals surface area contributed by atoms with Gasteiger partial charge in [-0.05, 0) is 25.0 Å². The molecule has 0 aromatic heterocycles. The zero-order valence-corrected chi connectivity index (χ0v) is 12.8. The van der Waals surface area contributed by atoms with Crippen LogP contribution in [0.1, 0.15) is 25.0 Å². The van der Waals surface area contributed by atoms with Crippen LogP contribution in [0.2, 0.25) is 0 Å². The lowest BCUT2D eigenvalue weighted by Crippen LogP contribution is -2.54. The van der Waals surface area contributed by atoms with Crippen molar-refractivity contribution in [1.29, 1.82) is 0 Å². The largest absolute Gasteiger partial charge is 0.338 e. The van der Waals surface area contributed by atoms with Crippen molar-refractivity contribution >= 4 is 11.8 Å². The van der Waals surface area contributed by atoms with Gasteiger partial charge < -0.3 is 10.6 Å². The van der Waals surface area contributed by atoms with Gasteiger partial charge in [-0.1, -0.05) is 60.7 Å². The maximum atomic E-state index is 12.6. The third kappa shape index (κ3) is 3.01. The highest BCUT2D eigenvalue weighted by atomic mass is 16.2. The Morgan fingerprint density at radius 2 is 1.36 bits per heavy atom. The van der Waals surface area contributed by atoms with Crippen LogP contribution in [-0.4, -0.2) is 18.4 Å². The summed E-state index contributed by atoms with van der Waals surface area (Å²) in [5, 5.41) is 5.56. The molecule has 0 aliphatic rings. The summed E-state index contributed by atoms with van der Waals surface area (Å²) in [4.78, 5) is 24.7. The van der Waals surface area contributed by atoms with E-state index in [0.717, 1.165) is 11.1 Å². The van der Waals surface area contributed by atoms with Gasteiger partial charge >= 0.3 is 6.03 Å². The summed E-state index contributed by atoms with van der Waals surface area (Å²) in [6.07, 6.45) is 0. The van der Waals surface area contributed by atoms with Gasteiger partial charge in [0.15, 0.2) is 11.3 Å². The summed E-state index contributed by atoms with van der Waals surface area (Å²) in [7, 11) is 0. The molecule has 0 aliphatic heterocycles. The normalized spacial score (nSPS) is 10.8. The molecule has 0 saturated heterocycles. The van der Waals surface area contributed by atoms with Crippen LogP contribution in [0, 0.1) is 0 Å². The number of rotatable bonds is 5. The maximum Gasteiger partial charge on any atom is 0.316 e. The molecule has 0 atom stereocenters. The minimum absolute atomic E-state index is 0.142. The van der Waals surface area contributed by atoms with Crippen molar-refractivity contribution in [3.8, 4) is 0 Å². The van der Waals surface area contributed by atoms with Gasteiger partial charge in [0.2, 0.25) is 0 Å². The Balaban J connectivity index is 2.60. The number of carbonyl (C=O) groups is 2. The number of hydrogen-bond acceptors (Lipinski definition) is 2. The van der Waals surface area contributed by atoms with E-state index >= 15 is 0 Å². The van der Waals surface area contributed by atoms with E-state index in [4.69, 9.17) is 0 Å². The number of urea groups is 1. The van der Waals surface area contributed by atoms with Crippen molar-refractivity contribution in [1.82, 2.24) is 10.6 Å². The van der Waals surface area contributed by atoms with Crippen LogP contribution in [-0.2, 0) is 10.3 Å². The van der Waals surface area contributed by atoms with Gasteiger partial charge in [0.05, 0.1) is 0 Å². The van der Waals surface area contributed by atoms with E-state index < -0.39 is 5.54 Å². The van der Waals surface area contributed by atoms with Gasteiger partial charge in [-0.3, -0.25) is 4.79 Å². The van der Waals surface area contributed by atoms with E-state index in [-0.39, 0.29) is 11.8 Å². The molecule has 2 aromatic carbocycles. The van der Waals surface area contributed by atoms with Crippen LogP contribution >= 0.6 is 0 Å². The van der Waals surface area contributed by atoms with Crippen molar-refractivity contribution in [2.45, 2.75) is 19.4 Å². The predicted molar refractivity (Wildman–Crippen MR) is 86.6 cm³/mol. The highest BCUT2D eigenvalue weighted by Crippen LogP contribution is 2.30. The second-order valence-corrected chi connectivity index (χ2v) is 5.02. The Labute approximate surface area is 130 Å². The molecule has 2 amide bonds. The fraction of sp³-hybridized carbons (Fsp3) is 0.222. The van der Waals surface area contributed by atoms with E-state index in [1.165, 1.54) is 6.92 Å². The summed E-state index contributed by atoms with van der Waals surface area (Å²) in [6, 6.07) is 18.2. The quantitative estimate of drug-likeness (QED) is 0.891. The third-order valence-electron chi connectivity index (χ3n) is 3.58. The van der Waals surface area contributed by atoms with Gasteiger partial charge in [0.1, 0.15) is 0 Å². The van der Waals surface area contributed by atoms with Gasteiger partial charge in [-0.15, -0.1) is 0 Å². The average molecular weight is 296 g/mol. The molecule has 114 valence electrons. The number of amides is 2. The van der Waals surface area contributed by atoms with Gasteiger partial charge in [0.25, 0.3) is 0 Å². The van der Waals surface area contributed by atoms with Crippen LogP contribution in [0.4, 0.5) is 4.79 Å². The minimum Gasteiger partial charge on any atom is -0.338 e. The molecule has 22 heavy (non-hydrogen) atoms. The van der Waals surface area contributed by atoms with Crippen LogP contribution in [0.25, 0.3) is 0 Å². The van der Waals surface area contributed by atoms with Crippen molar-refractivity contribution in [2.75, 3.05) is 6.54 Å². The molecular weight excluding hydrogens is 276 g/mol. The molecule has 0 bridgehead atoms. The predicted octanol–water partition coefficient (Wildman–Crippen LogP) is 2.84. The smallest absolute Gasteiger partial charge is 0.316 e. The fourth-order valence-electron chi connectivity index (χ4n) is 2.56. The molecule has 0 saturated carbocycles. The van der Waals surface area contributed by atoms with E-state index in [1.54, 1.807) is 0 Å². The summed E-state index contributed by atoms with van der Waals surface area (Å²) in [5.74, 6) is -0.142. The Morgan fingerprint density at radius 1 is 0.909 bits per heavy atom. The Bertz CT molecular complexity index is 599. The van der Waals surface area contributed by atoms with Gasteiger partial charge in [0, 0.05) is 6.54 Å². The Kier molecular flexibility index (Phi) is 4.94. The molecule has 0 fully saturated rings. The first-order valence-electron chi connectivity index (χ1n) is 7.29. The second kappa shape index (κ2) is 6.89. The number of carbonyl (C=O) groups excluding carboxylic acids is 2. The van der Waals surface area contributed by atoms with Crippen LogP contribution in [0.5, 0.6) is 0 Å². The molecule has 2 N–H and O–H groups in total. The molecule has 0 heterocycles. The lowest BCUT2D eigenvalue weighted by Gasteiger charge is -2.33. The molecule has 2 aromatic rings. The molecule has 0 spiro atoms. The zero-order chi connectivity index (χ0) is 16.0. The summed E-state index contributed by atoms with van der Waals surface area (Å²) in [5.41, 5.74) is 0.279. The first-order chi connectivity index (χ1) is 10.6. The number of benzene rings is 2. The highest BCUT2D eigenvalue weighted by Gasteiger charge is 2.40. The number of nitrogens with one attached hydrogen (secondary N) is 2. The lowest BCUT2D eigenvalue weighted by atomic mass is 9.79. The lowest BCUT2D eigenvalue weighted by molar-refractivity contribution is -0.121. The molecule has 0 radical (unpaired) electrons. The minimum atomic E-state index is -1.19. The Morgan fingerprint density at radius 3 is 1.73 bits per heavy atom. The van der Waals surface area contributed by atoms with Crippen molar-refractivity contribution in [3.63, 3.8) is 0 Å². The van der Waals surface area contributed by atoms with Gasteiger partial charge in [-0.2, -0.15) is 0 Å². The molecule has 0 unspecified atom stereocenters. The average Bonchev–Trinajstić information content (AvgIpc) is 2.54. The van der Waals surface area contributed by atoms with Crippen LogP contribution < -0.4 is 10.6 Å². The van der Waals surface area contributed by atoms with Crippen LogP contribution in [0.15, 0.2) is 60.7 Å². The van der Waals surface area contributed by atoms with Gasteiger partial charge in [-0.25, -0.2) is 4.79 Å². The van der Waals surface area contributed by atoms with Crippen molar-refractivity contribution < 1.29 is 9.59 Å². The SMILES string of the molecule is CCNC(=O)NC(C(C)=O)(c1ccccc1)c1ccccc1. The standard InChI is InChI=1S/C18H20N2O2/c1-3-19-17(22)20-18(14(2)21,15-10-6-4-7-11-15)16-12-8-5-9-13-16/h4-13H,3H2,1-2H3,(H2,19,20,22). The molecule has 2 rings (SSSR count). The first-order valence-corrected chi connectivity index (χ1v) is 7.29. The topological polar surface area (TPSA) is 58.2 Å². The van der Waals surface area contributed by atoms with Crippen molar-refractivity contribution in [3.05, 3.63) is 71.8 Å². The third-order valence-corrected chi connectivity index (χ3v) is 3.58. The zero-order valence-electron chi connectivity index (χ0n) is 12.8. The fourth-order valence-corrected chi connectivity index (χ4v) is 2.56. The van der Waals surface area contributed by atoms with E-state index in [0.29, 0.717) is 6.54 Å². The number of Topliss-reactive ketones (excluding diaryl/α,β-unsaturated/α-hetero) is 1. The molecule has 4 nitrogen and oxygen atoms in total. The van der Waals surface area contributed by atoms with Crippen molar-refractivity contribution in [2.24, 2.45) is 0 Å². The monoisotopic (exact) mass is 296 g/mol. The van der Waals surface area contributed by atoms with E-state index in [9.17, 15) is 9.59 Å². The summed E-state index contributed by atoms with van der Waals surface area (Å²) < 4.78 is 0. The molecular formula is C18H20N2O2. The molecule has 0 aliphatic carbocycles. The summed E-state index contributed by atoms with van der Waals surface area (Å²) in [6.45, 7) is 3.82. The summed E-state index contributed by atoms with van der Waals surface area (Å²) >= 11 is 0. The number of hydrogen-bond donors (Lipinski definition) is 2. The first kappa shape index (κ1) is 15.8. The molecule has 4 heteroatoms. The second-order valence-electron chi connectivity index (χ2n) is 5.02. The van der Waals surface area contributed by atoms with E-state index in [1.807, 2.05) is 67.6 Å².